The maximum Gasteiger partial charge on any atom is 0.182 e. The standard InChI is InChI=1S/C11H11BrN4/c12-9-4-3-7(13)5-8(9)11-14-10(15-16-11)6-1-2-6/h3-6H,1-2,13H2,(H,14,15,16). The highest BCUT2D eigenvalue weighted by atomic mass is 79.9. The van der Waals surface area contributed by atoms with E-state index in [1.54, 1.807) is 0 Å². The second-order valence-electron chi connectivity index (χ2n) is 4.06. The van der Waals surface area contributed by atoms with Crippen molar-refractivity contribution >= 4 is 21.6 Å². The molecule has 2 aromatic rings. The van der Waals surface area contributed by atoms with Crippen LogP contribution in [0.25, 0.3) is 11.4 Å². The Labute approximate surface area is 101 Å². The number of anilines is 1. The smallest absolute Gasteiger partial charge is 0.182 e. The average molecular weight is 279 g/mol. The Morgan fingerprint density at radius 3 is 2.94 bits per heavy atom. The van der Waals surface area contributed by atoms with Gasteiger partial charge in [-0.1, -0.05) is 15.9 Å². The van der Waals surface area contributed by atoms with Gasteiger partial charge < -0.3 is 5.73 Å². The minimum Gasteiger partial charge on any atom is -0.399 e. The van der Waals surface area contributed by atoms with Gasteiger partial charge in [0, 0.05) is 21.6 Å². The first-order chi connectivity index (χ1) is 7.74. The van der Waals surface area contributed by atoms with Crippen LogP contribution in [0.2, 0.25) is 0 Å². The molecule has 1 aromatic heterocycles. The van der Waals surface area contributed by atoms with E-state index in [-0.39, 0.29) is 0 Å². The first-order valence-corrected chi connectivity index (χ1v) is 6.01. The van der Waals surface area contributed by atoms with Gasteiger partial charge in [-0.2, -0.15) is 5.10 Å². The van der Waals surface area contributed by atoms with E-state index in [1.807, 2.05) is 18.2 Å². The van der Waals surface area contributed by atoms with Gasteiger partial charge >= 0.3 is 0 Å². The SMILES string of the molecule is Nc1ccc(Br)c(-c2n[nH]c(C3CC3)n2)c1. The van der Waals surface area contributed by atoms with Crippen molar-refractivity contribution in [1.82, 2.24) is 15.2 Å². The third-order valence-electron chi connectivity index (χ3n) is 2.70. The molecule has 1 aromatic carbocycles. The summed E-state index contributed by atoms with van der Waals surface area (Å²) < 4.78 is 0.961. The summed E-state index contributed by atoms with van der Waals surface area (Å²) >= 11 is 3.48. The lowest BCUT2D eigenvalue weighted by molar-refractivity contribution is 0.935. The van der Waals surface area contributed by atoms with E-state index in [0.29, 0.717) is 11.7 Å². The fourth-order valence-corrected chi connectivity index (χ4v) is 2.07. The number of aromatic nitrogens is 3. The fraction of sp³-hybridized carbons (Fsp3) is 0.273. The van der Waals surface area contributed by atoms with Crippen molar-refractivity contribution in [3.05, 3.63) is 28.5 Å². The van der Waals surface area contributed by atoms with Crippen molar-refractivity contribution < 1.29 is 0 Å². The minimum atomic E-state index is 0.584. The number of nitrogens with one attached hydrogen (secondary N) is 1. The molecule has 0 radical (unpaired) electrons. The topological polar surface area (TPSA) is 67.6 Å². The minimum absolute atomic E-state index is 0.584. The zero-order chi connectivity index (χ0) is 11.1. The summed E-state index contributed by atoms with van der Waals surface area (Å²) in [5.74, 6) is 2.28. The molecular weight excluding hydrogens is 268 g/mol. The molecule has 82 valence electrons. The Balaban J connectivity index is 2.03. The van der Waals surface area contributed by atoms with E-state index in [0.717, 1.165) is 21.5 Å². The van der Waals surface area contributed by atoms with E-state index >= 15 is 0 Å². The maximum atomic E-state index is 5.76. The number of halogens is 1. The molecule has 3 N–H and O–H groups in total. The second kappa shape index (κ2) is 3.59. The summed E-state index contributed by atoms with van der Waals surface area (Å²) in [7, 11) is 0. The molecule has 3 rings (SSSR count). The molecule has 5 heteroatoms. The third-order valence-corrected chi connectivity index (χ3v) is 3.39. The Hall–Kier alpha value is -1.36. The molecule has 16 heavy (non-hydrogen) atoms. The van der Waals surface area contributed by atoms with Crippen LogP contribution in [-0.2, 0) is 0 Å². The van der Waals surface area contributed by atoms with Gasteiger partial charge in [-0.05, 0) is 31.0 Å². The predicted octanol–water partition coefficient (Wildman–Crippen LogP) is 2.69. The Morgan fingerprint density at radius 2 is 2.19 bits per heavy atom. The molecule has 1 aliphatic rings. The molecule has 1 fully saturated rings. The van der Waals surface area contributed by atoms with Gasteiger partial charge in [-0.15, -0.1) is 0 Å². The van der Waals surface area contributed by atoms with E-state index in [9.17, 15) is 0 Å². The number of nitrogen functional groups attached to an aromatic ring is 1. The molecule has 0 amide bonds. The lowest BCUT2D eigenvalue weighted by atomic mass is 10.2. The van der Waals surface area contributed by atoms with Crippen LogP contribution in [0.3, 0.4) is 0 Å². The van der Waals surface area contributed by atoms with Crippen LogP contribution in [0, 0.1) is 0 Å². The zero-order valence-corrected chi connectivity index (χ0v) is 10.2. The van der Waals surface area contributed by atoms with Crippen molar-refractivity contribution in [2.24, 2.45) is 0 Å². The number of nitrogens with two attached hydrogens (primary N) is 1. The molecule has 1 aliphatic carbocycles. The number of benzene rings is 1. The molecule has 0 saturated heterocycles. The molecule has 1 heterocycles. The first kappa shape index (κ1) is 9.84. The highest BCUT2D eigenvalue weighted by Crippen LogP contribution is 2.38. The van der Waals surface area contributed by atoms with Gasteiger partial charge in [-0.3, -0.25) is 5.10 Å². The highest BCUT2D eigenvalue weighted by molar-refractivity contribution is 9.10. The number of aromatic amines is 1. The van der Waals surface area contributed by atoms with Crippen LogP contribution in [0.15, 0.2) is 22.7 Å². The second-order valence-corrected chi connectivity index (χ2v) is 4.91. The van der Waals surface area contributed by atoms with Crippen LogP contribution in [-0.4, -0.2) is 15.2 Å². The summed E-state index contributed by atoms with van der Waals surface area (Å²) in [6, 6.07) is 5.64. The predicted molar refractivity (Wildman–Crippen MR) is 65.9 cm³/mol. The average Bonchev–Trinajstić information content (AvgIpc) is 3.01. The first-order valence-electron chi connectivity index (χ1n) is 5.22. The van der Waals surface area contributed by atoms with Crippen molar-refractivity contribution in [2.45, 2.75) is 18.8 Å². The number of rotatable bonds is 2. The monoisotopic (exact) mass is 278 g/mol. The maximum absolute atomic E-state index is 5.76. The molecule has 1 saturated carbocycles. The van der Waals surface area contributed by atoms with Crippen molar-refractivity contribution in [3.63, 3.8) is 0 Å². The van der Waals surface area contributed by atoms with Gasteiger partial charge in [0.2, 0.25) is 0 Å². The summed E-state index contributed by atoms with van der Waals surface area (Å²) in [5, 5.41) is 7.22. The number of hydrogen-bond donors (Lipinski definition) is 2. The van der Waals surface area contributed by atoms with Crippen molar-refractivity contribution in [3.8, 4) is 11.4 Å². The fourth-order valence-electron chi connectivity index (χ4n) is 1.65. The van der Waals surface area contributed by atoms with Crippen LogP contribution >= 0.6 is 15.9 Å². The van der Waals surface area contributed by atoms with Crippen LogP contribution in [0.5, 0.6) is 0 Å². The molecule has 0 bridgehead atoms. The van der Waals surface area contributed by atoms with Crippen LogP contribution in [0.1, 0.15) is 24.6 Å². The number of hydrogen-bond acceptors (Lipinski definition) is 3. The summed E-state index contributed by atoms with van der Waals surface area (Å²) in [4.78, 5) is 4.49. The molecule has 0 unspecified atom stereocenters. The molecule has 0 atom stereocenters. The largest absolute Gasteiger partial charge is 0.399 e. The third kappa shape index (κ3) is 1.71. The number of nitrogens with zero attached hydrogens (tertiary/aromatic N) is 2. The van der Waals surface area contributed by atoms with E-state index in [4.69, 9.17) is 5.73 Å². The summed E-state index contributed by atoms with van der Waals surface area (Å²) in [6.07, 6.45) is 2.43. The highest BCUT2D eigenvalue weighted by Gasteiger charge is 2.27. The Bertz CT molecular complexity index is 531. The van der Waals surface area contributed by atoms with Gasteiger partial charge in [-0.25, -0.2) is 4.98 Å². The van der Waals surface area contributed by atoms with E-state index < -0.39 is 0 Å². The Kier molecular flexibility index (Phi) is 2.21. The van der Waals surface area contributed by atoms with Crippen molar-refractivity contribution in [2.75, 3.05) is 5.73 Å². The van der Waals surface area contributed by atoms with E-state index in [1.165, 1.54) is 12.8 Å². The number of H-pyrrole nitrogens is 1. The van der Waals surface area contributed by atoms with Gasteiger partial charge in [0.05, 0.1) is 0 Å². The zero-order valence-electron chi connectivity index (χ0n) is 8.57. The molecular formula is C11H11BrN4. The summed E-state index contributed by atoms with van der Waals surface area (Å²) in [6.45, 7) is 0. The normalized spacial score (nSPS) is 15.3. The van der Waals surface area contributed by atoms with Crippen LogP contribution in [0.4, 0.5) is 5.69 Å². The Morgan fingerprint density at radius 1 is 1.38 bits per heavy atom. The molecule has 0 aliphatic heterocycles. The molecule has 4 nitrogen and oxygen atoms in total. The lowest BCUT2D eigenvalue weighted by Crippen LogP contribution is -1.88. The van der Waals surface area contributed by atoms with Crippen LogP contribution < -0.4 is 5.73 Å². The lowest BCUT2D eigenvalue weighted by Gasteiger charge is -2.00. The van der Waals surface area contributed by atoms with Gasteiger partial charge in [0.25, 0.3) is 0 Å². The van der Waals surface area contributed by atoms with Crippen molar-refractivity contribution in [1.29, 1.82) is 0 Å². The van der Waals surface area contributed by atoms with Gasteiger partial charge in [0.15, 0.2) is 5.82 Å². The molecule has 0 spiro atoms. The van der Waals surface area contributed by atoms with E-state index in [2.05, 4.69) is 31.1 Å². The quantitative estimate of drug-likeness (QED) is 0.830. The summed E-state index contributed by atoms with van der Waals surface area (Å²) in [5.41, 5.74) is 7.41. The van der Waals surface area contributed by atoms with Gasteiger partial charge in [0.1, 0.15) is 5.82 Å².